The Hall–Kier alpha value is -2.67. The quantitative estimate of drug-likeness (QED) is 0.765. The highest BCUT2D eigenvalue weighted by Gasteiger charge is 2.34. The van der Waals surface area contributed by atoms with Crippen LogP contribution in [-0.4, -0.2) is 34.7 Å². The van der Waals surface area contributed by atoms with Gasteiger partial charge in [0.2, 0.25) is 11.8 Å². The summed E-state index contributed by atoms with van der Waals surface area (Å²) in [6, 6.07) is 7.19. The summed E-state index contributed by atoms with van der Waals surface area (Å²) in [5, 5.41) is 13.3. The van der Waals surface area contributed by atoms with Crippen molar-refractivity contribution in [1.29, 1.82) is 0 Å². The van der Waals surface area contributed by atoms with Gasteiger partial charge in [0.1, 0.15) is 0 Å². The number of carbonyl (C=O) groups excluding carboxylic acids is 2. The summed E-state index contributed by atoms with van der Waals surface area (Å²) in [5.41, 5.74) is 2.51. The molecule has 7 heteroatoms. The lowest BCUT2D eigenvalue weighted by molar-refractivity contribution is -0.120. The van der Waals surface area contributed by atoms with Crippen molar-refractivity contribution in [2.45, 2.75) is 19.8 Å². The molecule has 0 saturated carbocycles. The fraction of sp³-hybridized carbons (Fsp3) is 0.421. The van der Waals surface area contributed by atoms with Gasteiger partial charge in [-0.05, 0) is 29.8 Å². The van der Waals surface area contributed by atoms with Gasteiger partial charge in [0, 0.05) is 49.5 Å². The minimum atomic E-state index is -0.139. The highest BCUT2D eigenvalue weighted by Crippen LogP contribution is 2.29. The summed E-state index contributed by atoms with van der Waals surface area (Å²) >= 11 is 0. The molecule has 7 nitrogen and oxygen atoms in total. The lowest BCUT2D eigenvalue weighted by Crippen LogP contribution is -2.28. The van der Waals surface area contributed by atoms with Gasteiger partial charge < -0.3 is 16.0 Å². The normalized spacial score (nSPS) is 19.5. The number of hydrogen-bond acceptors (Lipinski definition) is 4. The van der Waals surface area contributed by atoms with E-state index in [-0.39, 0.29) is 29.6 Å². The average molecular weight is 355 g/mol. The van der Waals surface area contributed by atoms with Crippen LogP contribution in [0.25, 0.3) is 0 Å². The molecule has 1 aromatic carbocycles. The first-order valence-corrected chi connectivity index (χ1v) is 8.85. The maximum atomic E-state index is 12.7. The van der Waals surface area contributed by atoms with E-state index >= 15 is 0 Å². The largest absolute Gasteiger partial charge is 0.326 e. The number of aryl methyl sites for hydroxylation is 1. The molecule has 2 heterocycles. The fourth-order valence-corrected chi connectivity index (χ4v) is 3.09. The lowest BCUT2D eigenvalue weighted by Gasteiger charge is -2.17. The highest BCUT2D eigenvalue weighted by molar-refractivity contribution is 5.95. The fourth-order valence-electron chi connectivity index (χ4n) is 3.09. The maximum absolute atomic E-state index is 12.7. The summed E-state index contributed by atoms with van der Waals surface area (Å²) in [4.78, 5) is 24.4. The summed E-state index contributed by atoms with van der Waals surface area (Å²) in [7, 11) is 1.88. The lowest BCUT2D eigenvalue weighted by atomic mass is 9.90. The van der Waals surface area contributed by atoms with Gasteiger partial charge in [0.15, 0.2) is 0 Å². The first-order chi connectivity index (χ1) is 12.4. The number of nitrogens with zero attached hydrogens (tertiary/aromatic N) is 2. The van der Waals surface area contributed by atoms with Crippen LogP contribution in [0, 0.1) is 11.8 Å². The van der Waals surface area contributed by atoms with E-state index < -0.39 is 0 Å². The third kappa shape index (κ3) is 4.11. The smallest absolute Gasteiger partial charge is 0.229 e. The van der Waals surface area contributed by atoms with Crippen LogP contribution in [0.2, 0.25) is 0 Å². The average Bonchev–Trinajstić information content (AvgIpc) is 3.25. The van der Waals surface area contributed by atoms with Crippen molar-refractivity contribution in [3.8, 4) is 0 Å². The van der Waals surface area contributed by atoms with E-state index in [9.17, 15) is 9.59 Å². The number of nitrogens with one attached hydrogen (secondary N) is 3. The van der Waals surface area contributed by atoms with E-state index in [4.69, 9.17) is 0 Å². The van der Waals surface area contributed by atoms with Gasteiger partial charge in [-0.25, -0.2) is 0 Å². The van der Waals surface area contributed by atoms with Crippen LogP contribution in [0.15, 0.2) is 36.7 Å². The van der Waals surface area contributed by atoms with Crippen LogP contribution in [0.4, 0.5) is 11.4 Å². The molecule has 1 aliphatic rings. The zero-order valence-corrected chi connectivity index (χ0v) is 15.3. The molecule has 138 valence electrons. The Labute approximate surface area is 153 Å². The first-order valence-electron chi connectivity index (χ1n) is 8.85. The molecular formula is C19H25N5O2. The number of carbonyl (C=O) groups is 2. The van der Waals surface area contributed by atoms with E-state index in [1.165, 1.54) is 0 Å². The Morgan fingerprint density at radius 2 is 1.81 bits per heavy atom. The summed E-state index contributed by atoms with van der Waals surface area (Å²) in [6.07, 6.45) is 3.79. The van der Waals surface area contributed by atoms with Crippen molar-refractivity contribution < 1.29 is 9.59 Å². The number of benzene rings is 1. The van der Waals surface area contributed by atoms with E-state index in [0.29, 0.717) is 6.54 Å². The molecule has 3 rings (SSSR count). The Morgan fingerprint density at radius 3 is 2.38 bits per heavy atom. The van der Waals surface area contributed by atoms with Crippen molar-refractivity contribution >= 4 is 23.2 Å². The van der Waals surface area contributed by atoms with Crippen molar-refractivity contribution in [3.05, 3.63) is 42.2 Å². The number of aromatic nitrogens is 2. The molecule has 26 heavy (non-hydrogen) atoms. The van der Waals surface area contributed by atoms with Crippen molar-refractivity contribution in [3.63, 3.8) is 0 Å². The van der Waals surface area contributed by atoms with Crippen LogP contribution >= 0.6 is 0 Å². The number of anilines is 2. The molecule has 2 atom stereocenters. The third-order valence-electron chi connectivity index (χ3n) is 4.65. The highest BCUT2D eigenvalue weighted by atomic mass is 16.2. The summed E-state index contributed by atoms with van der Waals surface area (Å²) in [5.74, 6) is -0.137. The van der Waals surface area contributed by atoms with Gasteiger partial charge in [-0.2, -0.15) is 5.10 Å². The van der Waals surface area contributed by atoms with E-state index in [2.05, 4.69) is 21.0 Å². The molecule has 0 radical (unpaired) electrons. The maximum Gasteiger partial charge on any atom is 0.229 e. The molecule has 1 saturated heterocycles. The zero-order valence-electron chi connectivity index (χ0n) is 15.3. The van der Waals surface area contributed by atoms with Gasteiger partial charge in [-0.3, -0.25) is 14.3 Å². The monoisotopic (exact) mass is 355 g/mol. The van der Waals surface area contributed by atoms with Crippen LogP contribution in [0.3, 0.4) is 0 Å². The van der Waals surface area contributed by atoms with E-state index in [0.717, 1.165) is 23.5 Å². The van der Waals surface area contributed by atoms with Gasteiger partial charge in [-0.1, -0.05) is 13.8 Å². The topological polar surface area (TPSA) is 88.1 Å². The Morgan fingerprint density at radius 1 is 1.15 bits per heavy atom. The van der Waals surface area contributed by atoms with Crippen LogP contribution in [-0.2, 0) is 16.6 Å². The van der Waals surface area contributed by atoms with Gasteiger partial charge in [0.05, 0.1) is 12.1 Å². The predicted octanol–water partition coefficient (Wildman–Crippen LogP) is 1.96. The van der Waals surface area contributed by atoms with Crippen LogP contribution in [0.5, 0.6) is 0 Å². The number of amides is 2. The number of rotatable bonds is 5. The van der Waals surface area contributed by atoms with Gasteiger partial charge >= 0.3 is 0 Å². The van der Waals surface area contributed by atoms with E-state index in [1.54, 1.807) is 28.9 Å². The molecule has 0 spiro atoms. The molecule has 0 aliphatic carbocycles. The minimum absolute atomic E-state index is 0.0113. The van der Waals surface area contributed by atoms with Crippen molar-refractivity contribution in [1.82, 2.24) is 15.1 Å². The molecule has 2 amide bonds. The molecule has 0 bridgehead atoms. The molecular weight excluding hydrogens is 330 g/mol. The minimum Gasteiger partial charge on any atom is -0.326 e. The Kier molecular flexibility index (Phi) is 5.37. The SMILES string of the molecule is CC(C)C(=O)Nc1ccc(NC(=O)[C@H]2CNC[C@@H]2c2cnn(C)c2)cc1. The second kappa shape index (κ2) is 7.70. The molecule has 3 N–H and O–H groups in total. The predicted molar refractivity (Wildman–Crippen MR) is 101 cm³/mol. The van der Waals surface area contributed by atoms with Crippen molar-refractivity contribution in [2.24, 2.45) is 18.9 Å². The second-order valence-electron chi connectivity index (χ2n) is 7.03. The second-order valence-corrected chi connectivity index (χ2v) is 7.03. The standard InChI is InChI=1S/C19H25N5O2/c1-12(2)18(25)22-14-4-6-15(7-5-14)23-19(26)17-10-20-9-16(17)13-8-21-24(3)11-13/h4-8,11-12,16-17,20H,9-10H2,1-3H3,(H,22,25)(H,23,26)/t16-,17+/m1/s1. The first kappa shape index (κ1) is 18.1. The number of hydrogen-bond donors (Lipinski definition) is 3. The van der Waals surface area contributed by atoms with Crippen molar-refractivity contribution in [2.75, 3.05) is 23.7 Å². The summed E-state index contributed by atoms with van der Waals surface area (Å²) in [6.45, 7) is 5.11. The molecule has 1 aliphatic heterocycles. The molecule has 2 aromatic rings. The Bertz CT molecular complexity index is 781. The van der Waals surface area contributed by atoms with E-state index in [1.807, 2.05) is 33.3 Å². The molecule has 0 unspecified atom stereocenters. The molecule has 1 fully saturated rings. The van der Waals surface area contributed by atoms with Gasteiger partial charge in [-0.15, -0.1) is 0 Å². The Balaban J connectivity index is 1.63. The zero-order chi connectivity index (χ0) is 18.7. The molecule has 1 aromatic heterocycles. The van der Waals surface area contributed by atoms with Gasteiger partial charge in [0.25, 0.3) is 0 Å². The summed E-state index contributed by atoms with van der Waals surface area (Å²) < 4.78 is 1.76. The van der Waals surface area contributed by atoms with Crippen LogP contribution in [0.1, 0.15) is 25.3 Å². The third-order valence-corrected chi connectivity index (χ3v) is 4.65. The van der Waals surface area contributed by atoms with Crippen LogP contribution < -0.4 is 16.0 Å².